The number of amides is 1. The molecule has 0 aromatic carbocycles. The van der Waals surface area contributed by atoms with Crippen molar-refractivity contribution in [2.24, 2.45) is 5.41 Å². The minimum atomic E-state index is -0.769. The molecule has 2 fully saturated rings. The molecule has 1 atom stereocenters. The summed E-state index contributed by atoms with van der Waals surface area (Å²) in [6, 6.07) is 4.69. The molecule has 0 spiro atoms. The van der Waals surface area contributed by atoms with E-state index in [1.807, 2.05) is 11.8 Å². The number of hydrogen-bond donors (Lipinski definition) is 0. The van der Waals surface area contributed by atoms with Gasteiger partial charge in [0.05, 0.1) is 17.8 Å². The van der Waals surface area contributed by atoms with Crippen LogP contribution in [0.15, 0.2) is 6.07 Å². The number of nitrogens with zero attached hydrogens (tertiary/aromatic N) is 4. The summed E-state index contributed by atoms with van der Waals surface area (Å²) < 4.78 is 2.06. The molecule has 2 aliphatic rings. The third-order valence-electron chi connectivity index (χ3n) is 5.40. The van der Waals surface area contributed by atoms with Crippen molar-refractivity contribution in [2.75, 3.05) is 13.1 Å². The molecule has 1 saturated carbocycles. The zero-order valence-electron chi connectivity index (χ0n) is 14.2. The average molecular weight is 314 g/mol. The van der Waals surface area contributed by atoms with E-state index in [1.54, 1.807) is 0 Å². The van der Waals surface area contributed by atoms with Crippen molar-refractivity contribution in [3.05, 3.63) is 17.5 Å². The van der Waals surface area contributed by atoms with Crippen molar-refractivity contribution in [1.29, 1.82) is 5.26 Å². The summed E-state index contributed by atoms with van der Waals surface area (Å²) in [4.78, 5) is 15.0. The van der Waals surface area contributed by atoms with Crippen LogP contribution in [0.4, 0.5) is 0 Å². The van der Waals surface area contributed by atoms with Crippen molar-refractivity contribution in [3.8, 4) is 6.07 Å². The predicted molar refractivity (Wildman–Crippen MR) is 87.7 cm³/mol. The number of likely N-dealkylation sites (tertiary alicyclic amines) is 1. The number of carbonyl (C=O) groups excluding carboxylic acids is 1. The zero-order valence-corrected chi connectivity index (χ0v) is 14.2. The van der Waals surface area contributed by atoms with E-state index in [0.717, 1.165) is 62.9 Å². The van der Waals surface area contributed by atoms with Gasteiger partial charge in [-0.05, 0) is 45.6 Å². The van der Waals surface area contributed by atoms with Crippen molar-refractivity contribution in [1.82, 2.24) is 14.7 Å². The number of hydrogen-bond acceptors (Lipinski definition) is 3. The largest absolute Gasteiger partial charge is 0.339 e. The van der Waals surface area contributed by atoms with Gasteiger partial charge >= 0.3 is 0 Å². The Kier molecular flexibility index (Phi) is 4.43. The number of carbonyl (C=O) groups is 1. The lowest BCUT2D eigenvalue weighted by Gasteiger charge is -2.39. The second kappa shape index (κ2) is 6.35. The highest BCUT2D eigenvalue weighted by Gasteiger charge is 2.43. The molecule has 0 N–H and O–H groups in total. The van der Waals surface area contributed by atoms with Crippen LogP contribution in [-0.4, -0.2) is 33.7 Å². The van der Waals surface area contributed by atoms with Gasteiger partial charge < -0.3 is 4.90 Å². The maximum Gasteiger partial charge on any atom is 0.243 e. The maximum atomic E-state index is 13.0. The van der Waals surface area contributed by atoms with Gasteiger partial charge in [-0.25, -0.2) is 0 Å². The maximum absolute atomic E-state index is 13.0. The Hall–Kier alpha value is -1.83. The van der Waals surface area contributed by atoms with Gasteiger partial charge in [0.25, 0.3) is 0 Å². The number of piperidine rings is 1. The Bertz CT molecular complexity index is 621. The van der Waals surface area contributed by atoms with Gasteiger partial charge in [-0.15, -0.1) is 0 Å². The van der Waals surface area contributed by atoms with E-state index in [0.29, 0.717) is 6.54 Å². The molecule has 5 nitrogen and oxygen atoms in total. The molecule has 1 aliphatic carbocycles. The average Bonchev–Trinajstić information content (AvgIpc) is 2.93. The summed E-state index contributed by atoms with van der Waals surface area (Å²) in [5, 5.41) is 14.2. The van der Waals surface area contributed by atoms with Crippen LogP contribution in [-0.2, 0) is 4.79 Å². The highest BCUT2D eigenvalue weighted by molar-refractivity contribution is 5.85. The molecule has 1 aromatic rings. The summed E-state index contributed by atoms with van der Waals surface area (Å²) in [5.74, 6) is 0.0610. The van der Waals surface area contributed by atoms with Gasteiger partial charge in [0.15, 0.2) is 0 Å². The van der Waals surface area contributed by atoms with Crippen LogP contribution in [0.5, 0.6) is 0 Å². The molecule has 5 heteroatoms. The molecule has 3 rings (SSSR count). The van der Waals surface area contributed by atoms with E-state index in [-0.39, 0.29) is 11.9 Å². The normalized spacial score (nSPS) is 24.2. The minimum absolute atomic E-state index is 0.0610. The summed E-state index contributed by atoms with van der Waals surface area (Å²) in [6.45, 7) is 5.53. The van der Waals surface area contributed by atoms with Crippen LogP contribution in [0.3, 0.4) is 0 Å². The third kappa shape index (κ3) is 2.99. The molecule has 1 aromatic heterocycles. The Morgan fingerprint density at radius 3 is 2.65 bits per heavy atom. The van der Waals surface area contributed by atoms with Gasteiger partial charge in [0.2, 0.25) is 5.91 Å². The molecule has 1 saturated heterocycles. The molecule has 1 aliphatic heterocycles. The van der Waals surface area contributed by atoms with Crippen molar-refractivity contribution < 1.29 is 4.79 Å². The fraction of sp³-hybridized carbons (Fsp3) is 0.722. The Balaban J connectivity index is 1.77. The quantitative estimate of drug-likeness (QED) is 0.842. The first-order valence-corrected chi connectivity index (χ1v) is 8.79. The lowest BCUT2D eigenvalue weighted by atomic mass is 9.74. The Morgan fingerprint density at radius 1 is 1.30 bits per heavy atom. The Morgan fingerprint density at radius 2 is 2.04 bits per heavy atom. The highest BCUT2D eigenvalue weighted by Crippen LogP contribution is 2.38. The van der Waals surface area contributed by atoms with Crippen molar-refractivity contribution in [3.63, 3.8) is 0 Å². The van der Waals surface area contributed by atoms with E-state index in [4.69, 9.17) is 0 Å². The van der Waals surface area contributed by atoms with Crippen molar-refractivity contribution >= 4 is 5.91 Å². The fourth-order valence-corrected chi connectivity index (χ4v) is 4.19. The fourth-order valence-electron chi connectivity index (χ4n) is 4.19. The van der Waals surface area contributed by atoms with Gasteiger partial charge in [-0.1, -0.05) is 19.3 Å². The highest BCUT2D eigenvalue weighted by atomic mass is 16.2. The monoisotopic (exact) mass is 314 g/mol. The summed E-state index contributed by atoms with van der Waals surface area (Å²) in [5.41, 5.74) is 1.40. The third-order valence-corrected chi connectivity index (χ3v) is 5.40. The lowest BCUT2D eigenvalue weighted by molar-refractivity contribution is -0.142. The van der Waals surface area contributed by atoms with Crippen molar-refractivity contribution in [2.45, 2.75) is 64.8 Å². The van der Waals surface area contributed by atoms with Crippen LogP contribution >= 0.6 is 0 Å². The van der Waals surface area contributed by atoms with Gasteiger partial charge in [0, 0.05) is 18.8 Å². The predicted octanol–water partition coefficient (Wildman–Crippen LogP) is 3.14. The first-order chi connectivity index (χ1) is 11.1. The summed E-state index contributed by atoms with van der Waals surface area (Å²) >= 11 is 0. The first-order valence-electron chi connectivity index (χ1n) is 8.79. The van der Waals surface area contributed by atoms with Crippen LogP contribution < -0.4 is 0 Å². The smallest absolute Gasteiger partial charge is 0.243 e. The molecule has 2 heterocycles. The number of rotatable bonds is 2. The Labute approximate surface area is 138 Å². The van der Waals surface area contributed by atoms with Crippen LogP contribution in [0.1, 0.15) is 62.4 Å². The van der Waals surface area contributed by atoms with Crippen LogP contribution in [0.2, 0.25) is 0 Å². The molecule has 1 unspecified atom stereocenters. The van der Waals surface area contributed by atoms with E-state index >= 15 is 0 Å². The molecule has 23 heavy (non-hydrogen) atoms. The summed E-state index contributed by atoms with van der Waals surface area (Å²) in [6.07, 6.45) is 6.61. The molecule has 0 radical (unpaired) electrons. The van der Waals surface area contributed by atoms with Gasteiger partial charge in [0.1, 0.15) is 5.41 Å². The van der Waals surface area contributed by atoms with Crippen LogP contribution in [0, 0.1) is 30.6 Å². The standard InChI is InChI=1S/C18H26N4O/c1-14-11-15(2)22(20-14)16-7-6-10-21(12-16)17(23)18(13-19)8-4-3-5-9-18/h11,16H,3-10,12H2,1-2H3. The second-order valence-corrected chi connectivity index (χ2v) is 7.17. The number of nitriles is 1. The first kappa shape index (κ1) is 16.0. The molecule has 1 amide bonds. The molecular weight excluding hydrogens is 288 g/mol. The topological polar surface area (TPSA) is 61.9 Å². The van der Waals surface area contributed by atoms with E-state index in [1.165, 1.54) is 0 Å². The van der Waals surface area contributed by atoms with Gasteiger partial charge in [-0.3, -0.25) is 9.48 Å². The zero-order chi connectivity index (χ0) is 16.4. The molecule has 0 bridgehead atoms. The number of aromatic nitrogens is 2. The SMILES string of the molecule is Cc1cc(C)n(C2CCCN(C(=O)C3(C#N)CCCCC3)C2)n1. The van der Waals surface area contributed by atoms with E-state index < -0.39 is 5.41 Å². The van der Waals surface area contributed by atoms with E-state index in [9.17, 15) is 10.1 Å². The van der Waals surface area contributed by atoms with Gasteiger partial charge in [-0.2, -0.15) is 10.4 Å². The molecular formula is C18H26N4O. The van der Waals surface area contributed by atoms with E-state index in [2.05, 4.69) is 28.8 Å². The molecule has 124 valence electrons. The minimum Gasteiger partial charge on any atom is -0.339 e. The lowest BCUT2D eigenvalue weighted by Crippen LogP contribution is -2.49. The summed E-state index contributed by atoms with van der Waals surface area (Å²) in [7, 11) is 0. The number of aryl methyl sites for hydroxylation is 2. The van der Waals surface area contributed by atoms with Crippen LogP contribution in [0.25, 0.3) is 0 Å². The second-order valence-electron chi connectivity index (χ2n) is 7.17.